The Hall–Kier alpha value is -3.13. The molecule has 2 aromatic carbocycles. The van der Waals surface area contributed by atoms with Crippen molar-refractivity contribution < 1.29 is 24.0 Å². The molecule has 0 aliphatic rings. The third kappa shape index (κ3) is 5.75. The Balaban J connectivity index is 1.72. The number of ether oxygens (including phenoxy) is 2. The third-order valence-corrected chi connectivity index (χ3v) is 3.41. The smallest absolute Gasteiger partial charge is 0.345 e. The minimum Gasteiger partial charge on any atom is -0.492 e. The van der Waals surface area contributed by atoms with E-state index in [0.717, 1.165) is 0 Å². The number of esters is 1. The molecule has 0 unspecified atom stereocenters. The van der Waals surface area contributed by atoms with Crippen LogP contribution in [0.1, 0.15) is 10.4 Å². The second-order valence-electron chi connectivity index (χ2n) is 5.00. The largest absolute Gasteiger partial charge is 0.492 e. The van der Waals surface area contributed by atoms with Gasteiger partial charge in [0.15, 0.2) is 6.61 Å². The molecule has 2 aromatic rings. The number of nitro groups is 1. The highest BCUT2D eigenvalue weighted by atomic mass is 35.5. The Kier molecular flexibility index (Phi) is 6.92. The maximum absolute atomic E-state index is 11.9. The van der Waals surface area contributed by atoms with Crippen LogP contribution in [0.15, 0.2) is 48.5 Å². The SMILES string of the molecule is O=C(COC(=O)c1ccccc1[N+](=O)[O-])NCCOc1ccc(Cl)cc1. The average Bonchev–Trinajstić information content (AvgIpc) is 2.64. The third-order valence-electron chi connectivity index (χ3n) is 3.16. The van der Waals surface area contributed by atoms with Crippen molar-refractivity contribution in [1.82, 2.24) is 5.32 Å². The molecule has 0 saturated carbocycles. The lowest BCUT2D eigenvalue weighted by molar-refractivity contribution is -0.385. The summed E-state index contributed by atoms with van der Waals surface area (Å²) in [5.74, 6) is -0.882. The summed E-state index contributed by atoms with van der Waals surface area (Å²) in [6.07, 6.45) is 0. The molecule has 1 amide bonds. The Bertz CT molecular complexity index is 794. The molecule has 0 saturated heterocycles. The van der Waals surface area contributed by atoms with Gasteiger partial charge in [0.2, 0.25) is 0 Å². The summed E-state index contributed by atoms with van der Waals surface area (Å²) in [5, 5.41) is 14.0. The first-order valence-electron chi connectivity index (χ1n) is 7.53. The molecule has 0 radical (unpaired) electrons. The minimum absolute atomic E-state index is 0.199. The Morgan fingerprint density at radius 3 is 2.50 bits per heavy atom. The molecule has 2 rings (SSSR count). The van der Waals surface area contributed by atoms with Crippen molar-refractivity contribution in [3.8, 4) is 5.75 Å². The topological polar surface area (TPSA) is 108 Å². The Labute approximate surface area is 153 Å². The monoisotopic (exact) mass is 378 g/mol. The van der Waals surface area contributed by atoms with Gasteiger partial charge < -0.3 is 14.8 Å². The van der Waals surface area contributed by atoms with Crippen molar-refractivity contribution in [3.05, 3.63) is 69.2 Å². The fourth-order valence-electron chi connectivity index (χ4n) is 1.96. The van der Waals surface area contributed by atoms with Gasteiger partial charge in [0.25, 0.3) is 11.6 Å². The molecule has 0 aliphatic carbocycles. The second kappa shape index (κ2) is 9.38. The number of rotatable bonds is 8. The molecule has 0 fully saturated rings. The second-order valence-corrected chi connectivity index (χ2v) is 5.44. The van der Waals surface area contributed by atoms with Gasteiger partial charge in [0.1, 0.15) is 17.9 Å². The number of halogens is 1. The molecule has 0 heterocycles. The summed E-state index contributed by atoms with van der Waals surface area (Å²) in [6.45, 7) is -0.137. The summed E-state index contributed by atoms with van der Waals surface area (Å²) in [6, 6.07) is 12.1. The maximum Gasteiger partial charge on any atom is 0.345 e. The summed E-state index contributed by atoms with van der Waals surface area (Å²) < 4.78 is 10.2. The van der Waals surface area contributed by atoms with Crippen LogP contribution in [0.25, 0.3) is 0 Å². The van der Waals surface area contributed by atoms with Crippen LogP contribution in [0.5, 0.6) is 5.75 Å². The van der Waals surface area contributed by atoms with Crippen LogP contribution in [0.3, 0.4) is 0 Å². The van der Waals surface area contributed by atoms with Crippen molar-refractivity contribution in [2.75, 3.05) is 19.8 Å². The van der Waals surface area contributed by atoms with Gasteiger partial charge in [0.05, 0.1) is 11.5 Å². The van der Waals surface area contributed by atoms with Crippen molar-refractivity contribution >= 4 is 29.2 Å². The zero-order valence-corrected chi connectivity index (χ0v) is 14.3. The predicted molar refractivity (Wildman–Crippen MR) is 93.3 cm³/mol. The van der Waals surface area contributed by atoms with Crippen molar-refractivity contribution in [1.29, 1.82) is 0 Å². The van der Waals surface area contributed by atoms with Gasteiger partial charge in [-0.2, -0.15) is 0 Å². The van der Waals surface area contributed by atoms with E-state index in [1.54, 1.807) is 24.3 Å². The quantitative estimate of drug-likeness (QED) is 0.327. The molecule has 0 aromatic heterocycles. The molecule has 0 aliphatic heterocycles. The van der Waals surface area contributed by atoms with Gasteiger partial charge in [-0.25, -0.2) is 4.79 Å². The van der Waals surface area contributed by atoms with E-state index in [1.807, 2.05) is 0 Å². The summed E-state index contributed by atoms with van der Waals surface area (Å²) >= 11 is 5.75. The molecule has 0 spiro atoms. The van der Waals surface area contributed by atoms with E-state index in [9.17, 15) is 19.7 Å². The molecular formula is C17H15ClN2O6. The number of nitro benzene ring substituents is 1. The number of nitrogens with zero attached hydrogens (tertiary/aromatic N) is 1. The number of amides is 1. The summed E-state index contributed by atoms with van der Waals surface area (Å²) in [7, 11) is 0. The summed E-state index contributed by atoms with van der Waals surface area (Å²) in [5.41, 5.74) is -0.592. The van der Waals surface area contributed by atoms with Gasteiger partial charge in [-0.1, -0.05) is 23.7 Å². The van der Waals surface area contributed by atoms with Crippen LogP contribution in [0.2, 0.25) is 5.02 Å². The lowest BCUT2D eigenvalue weighted by Gasteiger charge is -2.08. The maximum atomic E-state index is 11.9. The number of carbonyl (C=O) groups is 2. The molecule has 1 N–H and O–H groups in total. The van der Waals surface area contributed by atoms with E-state index in [1.165, 1.54) is 24.3 Å². The lowest BCUT2D eigenvalue weighted by Crippen LogP contribution is -2.32. The standard InChI is InChI=1S/C17H15ClN2O6/c18-12-5-7-13(8-6-12)25-10-9-19-16(21)11-26-17(22)14-3-1-2-4-15(14)20(23)24/h1-8H,9-11H2,(H,19,21). The van der Waals surface area contributed by atoms with Crippen LogP contribution in [-0.2, 0) is 9.53 Å². The zero-order valence-electron chi connectivity index (χ0n) is 13.5. The predicted octanol–water partition coefficient (Wildman–Crippen LogP) is 2.60. The van der Waals surface area contributed by atoms with Gasteiger partial charge in [0, 0.05) is 11.1 Å². The molecule has 8 nitrogen and oxygen atoms in total. The van der Waals surface area contributed by atoms with Gasteiger partial charge >= 0.3 is 5.97 Å². The fourth-order valence-corrected chi connectivity index (χ4v) is 2.08. The van der Waals surface area contributed by atoms with E-state index in [0.29, 0.717) is 10.8 Å². The number of nitrogens with one attached hydrogen (secondary N) is 1. The van der Waals surface area contributed by atoms with Crippen LogP contribution < -0.4 is 10.1 Å². The number of benzene rings is 2. The molecular weight excluding hydrogens is 364 g/mol. The fraction of sp³-hybridized carbons (Fsp3) is 0.176. The average molecular weight is 379 g/mol. The number of hydrogen-bond acceptors (Lipinski definition) is 6. The van der Waals surface area contributed by atoms with Crippen molar-refractivity contribution in [3.63, 3.8) is 0 Å². The minimum atomic E-state index is -0.940. The molecule has 9 heteroatoms. The number of para-hydroxylation sites is 1. The van der Waals surface area contributed by atoms with Crippen LogP contribution in [0.4, 0.5) is 5.69 Å². The van der Waals surface area contributed by atoms with E-state index >= 15 is 0 Å². The van der Waals surface area contributed by atoms with Crippen LogP contribution >= 0.6 is 11.6 Å². The molecule has 26 heavy (non-hydrogen) atoms. The normalized spacial score (nSPS) is 10.0. The highest BCUT2D eigenvalue weighted by Crippen LogP contribution is 2.18. The van der Waals surface area contributed by atoms with Crippen LogP contribution in [0, 0.1) is 10.1 Å². The Morgan fingerprint density at radius 1 is 1.12 bits per heavy atom. The highest BCUT2D eigenvalue weighted by Gasteiger charge is 2.21. The lowest BCUT2D eigenvalue weighted by atomic mass is 10.2. The molecule has 0 bridgehead atoms. The summed E-state index contributed by atoms with van der Waals surface area (Å²) in [4.78, 5) is 33.7. The number of carbonyl (C=O) groups excluding carboxylic acids is 2. The van der Waals surface area contributed by atoms with Gasteiger partial charge in [-0.15, -0.1) is 0 Å². The van der Waals surface area contributed by atoms with E-state index in [2.05, 4.69) is 5.32 Å². The van der Waals surface area contributed by atoms with Crippen LogP contribution in [-0.4, -0.2) is 36.6 Å². The van der Waals surface area contributed by atoms with E-state index < -0.39 is 23.4 Å². The zero-order chi connectivity index (χ0) is 18.9. The Morgan fingerprint density at radius 2 is 1.81 bits per heavy atom. The van der Waals surface area contributed by atoms with Crippen molar-refractivity contribution in [2.24, 2.45) is 0 Å². The van der Waals surface area contributed by atoms with Gasteiger partial charge in [-0.05, 0) is 30.3 Å². The molecule has 136 valence electrons. The van der Waals surface area contributed by atoms with Gasteiger partial charge in [-0.3, -0.25) is 14.9 Å². The highest BCUT2D eigenvalue weighted by molar-refractivity contribution is 6.30. The van der Waals surface area contributed by atoms with Crippen molar-refractivity contribution in [2.45, 2.75) is 0 Å². The first kappa shape index (κ1) is 19.2. The first-order chi connectivity index (χ1) is 12.5. The molecule has 0 atom stereocenters. The van der Waals surface area contributed by atoms with E-state index in [4.69, 9.17) is 21.1 Å². The first-order valence-corrected chi connectivity index (χ1v) is 7.91. The van der Waals surface area contributed by atoms with E-state index in [-0.39, 0.29) is 24.4 Å². The number of hydrogen-bond donors (Lipinski definition) is 1.